The maximum absolute atomic E-state index is 13.3. The zero-order chi connectivity index (χ0) is 31.6. The number of anilines is 4. The summed E-state index contributed by atoms with van der Waals surface area (Å²) in [6.45, 7) is 6.22. The van der Waals surface area contributed by atoms with Crippen LogP contribution in [0.15, 0.2) is 24.4 Å². The van der Waals surface area contributed by atoms with Crippen molar-refractivity contribution >= 4 is 40.9 Å². The average Bonchev–Trinajstić information content (AvgIpc) is 3.52. The van der Waals surface area contributed by atoms with Gasteiger partial charge in [-0.2, -0.15) is 4.98 Å². The lowest BCUT2D eigenvalue weighted by atomic mass is 9.91. The molecule has 1 saturated heterocycles. The molecule has 1 aliphatic carbocycles. The summed E-state index contributed by atoms with van der Waals surface area (Å²) < 4.78 is 5.65. The van der Waals surface area contributed by atoms with Crippen molar-refractivity contribution in [3.8, 4) is 5.75 Å². The molecule has 3 aliphatic rings. The van der Waals surface area contributed by atoms with E-state index >= 15 is 0 Å². The highest BCUT2D eigenvalue weighted by molar-refractivity contribution is 6.01. The SMILES string of the molecule is COc1cc(C(=O)NC2CCN(C(=O)CN(C)C)CC2)ccc1Nc1ncc2c(n1)N(C1CCCC1)CC(C)(C)C(=O)N2C. The minimum atomic E-state index is -0.564. The third kappa shape index (κ3) is 6.74. The number of likely N-dealkylation sites (tertiary alicyclic amines) is 1. The molecule has 1 aromatic carbocycles. The molecule has 2 N–H and O–H groups in total. The van der Waals surface area contributed by atoms with Gasteiger partial charge in [0.15, 0.2) is 5.82 Å². The second kappa shape index (κ2) is 13.0. The quantitative estimate of drug-likeness (QED) is 0.466. The number of aromatic nitrogens is 2. The van der Waals surface area contributed by atoms with Crippen molar-refractivity contribution in [2.45, 2.75) is 64.5 Å². The van der Waals surface area contributed by atoms with E-state index in [9.17, 15) is 14.4 Å². The van der Waals surface area contributed by atoms with E-state index in [1.807, 2.05) is 37.7 Å². The Labute approximate surface area is 260 Å². The molecule has 0 bridgehead atoms. The van der Waals surface area contributed by atoms with Gasteiger partial charge >= 0.3 is 0 Å². The first-order valence-electron chi connectivity index (χ1n) is 15.6. The van der Waals surface area contributed by atoms with E-state index in [0.717, 1.165) is 18.7 Å². The van der Waals surface area contributed by atoms with Gasteiger partial charge in [0, 0.05) is 44.3 Å². The molecule has 5 rings (SSSR count). The van der Waals surface area contributed by atoms with E-state index in [0.29, 0.717) is 73.7 Å². The highest BCUT2D eigenvalue weighted by Crippen LogP contribution is 2.40. The number of piperidine rings is 1. The van der Waals surface area contributed by atoms with Crippen LogP contribution in [-0.2, 0) is 9.59 Å². The summed E-state index contributed by atoms with van der Waals surface area (Å²) in [5.41, 5.74) is 1.25. The molecule has 0 spiro atoms. The van der Waals surface area contributed by atoms with E-state index in [2.05, 4.69) is 20.5 Å². The van der Waals surface area contributed by atoms with E-state index in [1.54, 1.807) is 43.5 Å². The number of nitrogens with one attached hydrogen (secondary N) is 2. The first-order chi connectivity index (χ1) is 21.0. The number of likely N-dealkylation sites (N-methyl/N-ethyl adjacent to an activating group) is 1. The minimum absolute atomic E-state index is 0.000448. The van der Waals surface area contributed by atoms with Gasteiger partial charge in [-0.25, -0.2) is 4.98 Å². The number of methoxy groups -OCH3 is 1. The second-order valence-corrected chi connectivity index (χ2v) is 13.1. The van der Waals surface area contributed by atoms with Gasteiger partial charge in [0.05, 0.1) is 31.0 Å². The van der Waals surface area contributed by atoms with Crippen molar-refractivity contribution in [1.29, 1.82) is 0 Å². The maximum Gasteiger partial charge on any atom is 0.251 e. The Kier molecular flexibility index (Phi) is 9.28. The number of carbonyl (C=O) groups is 3. The van der Waals surface area contributed by atoms with Crippen LogP contribution >= 0.6 is 0 Å². The molecular formula is C32H46N8O4. The lowest BCUT2D eigenvalue weighted by molar-refractivity contribution is -0.132. The highest BCUT2D eigenvalue weighted by atomic mass is 16.5. The van der Waals surface area contributed by atoms with Gasteiger partial charge in [0.1, 0.15) is 11.4 Å². The van der Waals surface area contributed by atoms with Crippen molar-refractivity contribution in [3.63, 3.8) is 0 Å². The van der Waals surface area contributed by atoms with Crippen molar-refractivity contribution in [2.75, 3.05) is 69.5 Å². The van der Waals surface area contributed by atoms with Crippen LogP contribution < -0.4 is 25.2 Å². The van der Waals surface area contributed by atoms with Gasteiger partial charge in [-0.1, -0.05) is 12.8 Å². The summed E-state index contributed by atoms with van der Waals surface area (Å²) >= 11 is 0. The summed E-state index contributed by atoms with van der Waals surface area (Å²) in [5, 5.41) is 6.39. The van der Waals surface area contributed by atoms with Gasteiger partial charge in [-0.05, 0) is 71.8 Å². The van der Waals surface area contributed by atoms with Crippen LogP contribution in [0.1, 0.15) is 62.7 Å². The molecule has 1 saturated carbocycles. The number of amides is 3. The smallest absolute Gasteiger partial charge is 0.251 e. The van der Waals surface area contributed by atoms with Gasteiger partial charge in [0.2, 0.25) is 17.8 Å². The molecule has 12 nitrogen and oxygen atoms in total. The standard InChI is InChI=1S/C32H46N8O4/c1-32(2)20-40(23-9-7-8-10-23)28-25(38(5)30(32)43)18-33-31(36-28)35-24-12-11-21(17-26(24)44-6)29(42)34-22-13-15-39(16-14-22)27(41)19-37(3)4/h11-12,17-18,22-23H,7-10,13-16,19-20H2,1-6H3,(H,34,42)(H,33,35,36). The van der Waals surface area contributed by atoms with E-state index < -0.39 is 5.41 Å². The first kappa shape index (κ1) is 31.5. The van der Waals surface area contributed by atoms with Crippen LogP contribution in [0.5, 0.6) is 5.75 Å². The number of benzene rings is 1. The van der Waals surface area contributed by atoms with Crippen LogP contribution in [0, 0.1) is 5.41 Å². The summed E-state index contributed by atoms with van der Waals surface area (Å²) in [6, 6.07) is 5.57. The number of hydrogen-bond acceptors (Lipinski definition) is 9. The Morgan fingerprint density at radius 1 is 1.11 bits per heavy atom. The number of fused-ring (bicyclic) bond motifs is 1. The molecule has 2 fully saturated rings. The molecule has 2 aromatic rings. The largest absolute Gasteiger partial charge is 0.495 e. The zero-order valence-electron chi connectivity index (χ0n) is 26.9. The van der Waals surface area contributed by atoms with Crippen LogP contribution in [0.25, 0.3) is 0 Å². The minimum Gasteiger partial charge on any atom is -0.495 e. The summed E-state index contributed by atoms with van der Waals surface area (Å²) in [7, 11) is 7.12. The molecule has 44 heavy (non-hydrogen) atoms. The number of carbonyl (C=O) groups excluding carboxylic acids is 3. The Morgan fingerprint density at radius 3 is 2.48 bits per heavy atom. The Morgan fingerprint density at radius 2 is 1.82 bits per heavy atom. The lowest BCUT2D eigenvalue weighted by Gasteiger charge is -2.34. The van der Waals surface area contributed by atoms with E-state index in [4.69, 9.17) is 9.72 Å². The van der Waals surface area contributed by atoms with E-state index in [-0.39, 0.29) is 23.8 Å². The summed E-state index contributed by atoms with van der Waals surface area (Å²) in [5.74, 6) is 1.60. The predicted molar refractivity (Wildman–Crippen MR) is 171 cm³/mol. The number of hydrogen-bond donors (Lipinski definition) is 2. The normalized spacial score (nSPS) is 19.2. The lowest BCUT2D eigenvalue weighted by Crippen LogP contribution is -2.48. The zero-order valence-corrected chi connectivity index (χ0v) is 26.9. The molecule has 12 heteroatoms. The molecule has 3 heterocycles. The van der Waals surface area contributed by atoms with Crippen molar-refractivity contribution in [2.24, 2.45) is 5.41 Å². The number of rotatable bonds is 8. The molecule has 2 aliphatic heterocycles. The predicted octanol–water partition coefficient (Wildman–Crippen LogP) is 3.26. The average molecular weight is 607 g/mol. The Balaban J connectivity index is 1.30. The van der Waals surface area contributed by atoms with Crippen molar-refractivity contribution in [3.05, 3.63) is 30.0 Å². The third-order valence-corrected chi connectivity index (χ3v) is 8.94. The van der Waals surface area contributed by atoms with Gasteiger partial charge in [0.25, 0.3) is 5.91 Å². The van der Waals surface area contributed by atoms with Crippen LogP contribution in [0.3, 0.4) is 0 Å². The fourth-order valence-corrected chi connectivity index (χ4v) is 6.49. The molecule has 0 unspecified atom stereocenters. The number of ether oxygens (including phenoxy) is 1. The first-order valence-corrected chi connectivity index (χ1v) is 15.6. The highest BCUT2D eigenvalue weighted by Gasteiger charge is 2.41. The van der Waals surface area contributed by atoms with Gasteiger partial charge in [-0.3, -0.25) is 14.4 Å². The molecule has 1 aromatic heterocycles. The monoisotopic (exact) mass is 606 g/mol. The molecule has 0 atom stereocenters. The van der Waals surface area contributed by atoms with Crippen molar-refractivity contribution in [1.82, 2.24) is 25.1 Å². The fourth-order valence-electron chi connectivity index (χ4n) is 6.49. The third-order valence-electron chi connectivity index (χ3n) is 8.94. The Bertz CT molecular complexity index is 1380. The van der Waals surface area contributed by atoms with Gasteiger partial charge in [-0.15, -0.1) is 0 Å². The molecule has 238 valence electrons. The molecule has 3 amide bonds. The second-order valence-electron chi connectivity index (χ2n) is 13.1. The summed E-state index contributed by atoms with van der Waals surface area (Å²) in [4.78, 5) is 56.0. The van der Waals surface area contributed by atoms with Crippen molar-refractivity contribution < 1.29 is 19.1 Å². The van der Waals surface area contributed by atoms with Gasteiger partial charge < -0.3 is 35.0 Å². The maximum atomic E-state index is 13.3. The van der Waals surface area contributed by atoms with Crippen LogP contribution in [-0.4, -0.2) is 104 Å². The summed E-state index contributed by atoms with van der Waals surface area (Å²) in [6.07, 6.45) is 7.63. The molecule has 0 radical (unpaired) electrons. The molecular weight excluding hydrogens is 560 g/mol. The fraction of sp³-hybridized carbons (Fsp3) is 0.594. The van der Waals surface area contributed by atoms with Crippen LogP contribution in [0.4, 0.5) is 23.1 Å². The van der Waals surface area contributed by atoms with E-state index in [1.165, 1.54) is 12.8 Å². The topological polar surface area (TPSA) is 123 Å². The number of nitrogens with zero attached hydrogens (tertiary/aromatic N) is 6. The van der Waals surface area contributed by atoms with Crippen LogP contribution in [0.2, 0.25) is 0 Å². The Hall–Kier alpha value is -3.93.